The van der Waals surface area contributed by atoms with Crippen LogP contribution in [0.4, 0.5) is 0 Å². The van der Waals surface area contributed by atoms with Crippen molar-refractivity contribution >= 4 is 17.8 Å². The Labute approximate surface area is 137 Å². The molecule has 7 heteroatoms. The number of carboxylic acid groups (broad SMARTS) is 1. The van der Waals surface area contributed by atoms with Gasteiger partial charge in [0.25, 0.3) is 0 Å². The fraction of sp³-hybridized carbons (Fsp3) is 0.812. The van der Waals surface area contributed by atoms with Crippen LogP contribution in [0, 0.1) is 16.7 Å². The summed E-state index contributed by atoms with van der Waals surface area (Å²) < 4.78 is 0. The molecule has 0 bridgehead atoms. The van der Waals surface area contributed by atoms with E-state index < -0.39 is 30.5 Å². The topological polar surface area (TPSA) is 122 Å². The summed E-state index contributed by atoms with van der Waals surface area (Å²) in [4.78, 5) is 35.0. The number of carbonyl (C=O) groups is 3. The van der Waals surface area contributed by atoms with Crippen LogP contribution in [-0.4, -0.2) is 35.1 Å². The number of nitrogens with two attached hydrogens (primary N) is 1. The Bertz CT molecular complexity index is 472. The average molecular weight is 327 g/mol. The molecule has 1 rings (SSSR count). The Hall–Kier alpha value is -1.63. The third-order valence-corrected chi connectivity index (χ3v) is 4.69. The summed E-state index contributed by atoms with van der Waals surface area (Å²) >= 11 is 0. The maximum atomic E-state index is 12.6. The average Bonchev–Trinajstić information content (AvgIpc) is 2.56. The molecule has 0 spiro atoms. The smallest absolute Gasteiger partial charge is 0.305 e. The van der Waals surface area contributed by atoms with Crippen molar-refractivity contribution in [1.29, 1.82) is 0 Å². The van der Waals surface area contributed by atoms with Gasteiger partial charge in [-0.1, -0.05) is 27.7 Å². The maximum absolute atomic E-state index is 12.6. The van der Waals surface area contributed by atoms with Crippen molar-refractivity contribution in [3.8, 4) is 0 Å². The molecule has 0 aromatic rings. The Morgan fingerprint density at radius 2 is 1.61 bits per heavy atom. The SMILES string of the molecule is CC(NC(=O)C1C(C)(C)CCC1(C)C)NC(=O)[C@@H](N)CC(=O)O. The van der Waals surface area contributed by atoms with Crippen LogP contribution in [0.25, 0.3) is 0 Å². The summed E-state index contributed by atoms with van der Waals surface area (Å²) in [7, 11) is 0. The van der Waals surface area contributed by atoms with E-state index >= 15 is 0 Å². The molecule has 0 aliphatic heterocycles. The van der Waals surface area contributed by atoms with E-state index in [0.29, 0.717) is 0 Å². The molecule has 1 fully saturated rings. The van der Waals surface area contributed by atoms with Crippen molar-refractivity contribution in [2.45, 2.75) is 66.1 Å². The van der Waals surface area contributed by atoms with Gasteiger partial charge >= 0.3 is 5.97 Å². The number of nitrogens with one attached hydrogen (secondary N) is 2. The van der Waals surface area contributed by atoms with E-state index in [4.69, 9.17) is 10.8 Å². The van der Waals surface area contributed by atoms with Gasteiger partial charge in [0.15, 0.2) is 0 Å². The maximum Gasteiger partial charge on any atom is 0.305 e. The van der Waals surface area contributed by atoms with Crippen molar-refractivity contribution in [2.24, 2.45) is 22.5 Å². The van der Waals surface area contributed by atoms with E-state index in [-0.39, 0.29) is 22.7 Å². The normalized spacial score (nSPS) is 22.2. The molecule has 7 nitrogen and oxygen atoms in total. The van der Waals surface area contributed by atoms with Gasteiger partial charge in [0.2, 0.25) is 11.8 Å². The third-order valence-electron chi connectivity index (χ3n) is 4.69. The van der Waals surface area contributed by atoms with E-state index in [0.717, 1.165) is 12.8 Å². The largest absolute Gasteiger partial charge is 0.481 e. The van der Waals surface area contributed by atoms with Crippen LogP contribution in [-0.2, 0) is 14.4 Å². The van der Waals surface area contributed by atoms with Gasteiger partial charge in [-0.25, -0.2) is 0 Å². The molecule has 1 aliphatic rings. The number of rotatable bonds is 6. The lowest BCUT2D eigenvalue weighted by atomic mass is 9.72. The number of carboxylic acids is 1. The standard InChI is InChI=1S/C16H29N3O4/c1-9(18-13(22)10(17)8-11(20)21)19-14(23)12-15(2,3)6-7-16(12,4)5/h9-10,12H,6-8,17H2,1-5H3,(H,18,22)(H,19,23)(H,20,21)/t9?,10-/m0/s1. The van der Waals surface area contributed by atoms with Crippen molar-refractivity contribution in [3.63, 3.8) is 0 Å². The van der Waals surface area contributed by atoms with E-state index in [1.54, 1.807) is 6.92 Å². The first kappa shape index (κ1) is 19.4. The fourth-order valence-corrected chi connectivity index (χ4v) is 3.63. The zero-order valence-corrected chi connectivity index (χ0v) is 14.6. The predicted octanol–water partition coefficient (Wildman–Crippen LogP) is 0.829. The van der Waals surface area contributed by atoms with Gasteiger partial charge < -0.3 is 21.5 Å². The van der Waals surface area contributed by atoms with Gasteiger partial charge in [-0.2, -0.15) is 0 Å². The molecule has 2 atom stereocenters. The quantitative estimate of drug-likeness (QED) is 0.538. The van der Waals surface area contributed by atoms with Crippen LogP contribution in [0.1, 0.15) is 53.9 Å². The van der Waals surface area contributed by atoms with Gasteiger partial charge in [0, 0.05) is 5.92 Å². The summed E-state index contributed by atoms with van der Waals surface area (Å²) in [6, 6.07) is -1.13. The highest BCUT2D eigenvalue weighted by molar-refractivity contribution is 5.87. The zero-order chi connectivity index (χ0) is 18.0. The molecule has 23 heavy (non-hydrogen) atoms. The van der Waals surface area contributed by atoms with Crippen molar-refractivity contribution in [1.82, 2.24) is 10.6 Å². The lowest BCUT2D eigenvalue weighted by Crippen LogP contribution is -2.54. The predicted molar refractivity (Wildman–Crippen MR) is 86.3 cm³/mol. The Balaban J connectivity index is 2.63. The molecule has 0 radical (unpaired) electrons. The number of amides is 2. The van der Waals surface area contributed by atoms with E-state index in [1.165, 1.54) is 0 Å². The first-order chi connectivity index (χ1) is 10.4. The zero-order valence-electron chi connectivity index (χ0n) is 14.6. The second-order valence-electron chi connectivity index (χ2n) is 7.85. The van der Waals surface area contributed by atoms with Crippen LogP contribution in [0.3, 0.4) is 0 Å². The van der Waals surface area contributed by atoms with Crippen molar-refractivity contribution in [3.05, 3.63) is 0 Å². The van der Waals surface area contributed by atoms with Crippen LogP contribution >= 0.6 is 0 Å². The van der Waals surface area contributed by atoms with Crippen LogP contribution in [0.2, 0.25) is 0 Å². The summed E-state index contributed by atoms with van der Waals surface area (Å²) in [5.41, 5.74) is 5.30. The molecule has 1 unspecified atom stereocenters. The molecule has 0 heterocycles. The lowest BCUT2D eigenvalue weighted by molar-refractivity contribution is -0.140. The minimum atomic E-state index is -1.14. The van der Waals surface area contributed by atoms with E-state index in [2.05, 4.69) is 38.3 Å². The summed E-state index contributed by atoms with van der Waals surface area (Å²) in [5.74, 6) is -1.98. The Kier molecular flexibility index (Phi) is 5.79. The van der Waals surface area contributed by atoms with Crippen LogP contribution in [0.15, 0.2) is 0 Å². The summed E-state index contributed by atoms with van der Waals surface area (Å²) in [6.45, 7) is 9.96. The highest BCUT2D eigenvalue weighted by atomic mass is 16.4. The second kappa shape index (κ2) is 6.86. The molecule has 2 amide bonds. The molecular weight excluding hydrogens is 298 g/mol. The van der Waals surface area contributed by atoms with Crippen molar-refractivity contribution < 1.29 is 19.5 Å². The molecule has 1 saturated carbocycles. The second-order valence-corrected chi connectivity index (χ2v) is 7.85. The highest BCUT2D eigenvalue weighted by Crippen LogP contribution is 2.53. The summed E-state index contributed by atoms with van der Waals surface area (Å²) in [5, 5.41) is 14.0. The van der Waals surface area contributed by atoms with Crippen molar-refractivity contribution in [2.75, 3.05) is 0 Å². The van der Waals surface area contributed by atoms with E-state index in [9.17, 15) is 14.4 Å². The monoisotopic (exact) mass is 327 g/mol. The molecule has 1 aliphatic carbocycles. The number of hydrogen-bond donors (Lipinski definition) is 4. The highest BCUT2D eigenvalue weighted by Gasteiger charge is 2.50. The molecule has 5 N–H and O–H groups in total. The molecular formula is C16H29N3O4. The Morgan fingerprint density at radius 1 is 1.13 bits per heavy atom. The number of carbonyl (C=O) groups excluding carboxylic acids is 2. The molecule has 0 saturated heterocycles. The van der Waals surface area contributed by atoms with E-state index in [1.807, 2.05) is 0 Å². The third kappa shape index (κ3) is 4.92. The van der Waals surface area contributed by atoms with Gasteiger partial charge in [-0.15, -0.1) is 0 Å². The molecule has 132 valence electrons. The van der Waals surface area contributed by atoms with Gasteiger partial charge in [-0.05, 0) is 30.6 Å². The summed E-state index contributed by atoms with van der Waals surface area (Å²) in [6.07, 6.45) is 0.891. The van der Waals surface area contributed by atoms with Gasteiger partial charge in [-0.3, -0.25) is 14.4 Å². The van der Waals surface area contributed by atoms with Crippen LogP contribution < -0.4 is 16.4 Å². The first-order valence-corrected chi connectivity index (χ1v) is 7.95. The Morgan fingerprint density at radius 3 is 2.04 bits per heavy atom. The minimum absolute atomic E-state index is 0.0999. The molecule has 0 aromatic heterocycles. The first-order valence-electron chi connectivity index (χ1n) is 7.95. The fourth-order valence-electron chi connectivity index (χ4n) is 3.63. The lowest BCUT2D eigenvalue weighted by Gasteiger charge is -2.35. The minimum Gasteiger partial charge on any atom is -0.481 e. The van der Waals surface area contributed by atoms with Gasteiger partial charge in [0.05, 0.1) is 18.6 Å². The molecule has 0 aromatic carbocycles. The number of hydrogen-bond acceptors (Lipinski definition) is 4. The number of aliphatic carboxylic acids is 1. The van der Waals surface area contributed by atoms with Crippen LogP contribution in [0.5, 0.6) is 0 Å². The van der Waals surface area contributed by atoms with Gasteiger partial charge in [0.1, 0.15) is 0 Å².